The molecule has 0 bridgehead atoms. The van der Waals surface area contributed by atoms with Crippen LogP contribution in [0.4, 0.5) is 32.2 Å². The number of nitrogens with zero attached hydrogens (tertiary/aromatic N) is 6. The molecule has 68 heavy (non-hydrogen) atoms. The van der Waals surface area contributed by atoms with Crippen LogP contribution < -0.4 is 15.6 Å². The first-order valence-electron chi connectivity index (χ1n) is 20.8. The molecule has 2 aliphatic rings. The molecule has 0 saturated heterocycles. The number of hydrogen-bond acceptors (Lipinski definition) is 9. The number of sulfonamides is 1. The normalized spacial score (nSPS) is 17.1. The lowest BCUT2D eigenvalue weighted by Crippen LogP contribution is -2.38. The molecule has 14 nitrogen and oxygen atoms in total. The van der Waals surface area contributed by atoms with E-state index in [1.807, 2.05) is 0 Å². The summed E-state index contributed by atoms with van der Waals surface area (Å²) in [6.07, 6.45) is -2.93. The molecular weight excluding hydrogens is 962 g/mol. The summed E-state index contributed by atoms with van der Waals surface area (Å²) in [5.74, 6) is -9.41. The zero-order valence-corrected chi connectivity index (χ0v) is 38.8. The fraction of sp³-hybridized carbons (Fsp3) is 0.311. The molecule has 9 rings (SSSR count). The van der Waals surface area contributed by atoms with Crippen LogP contribution in [0.3, 0.4) is 0 Å². The number of halogens is 7. The zero-order chi connectivity index (χ0) is 49.2. The Hall–Kier alpha value is -6.26. The zero-order valence-electron chi connectivity index (χ0n) is 36.5. The molecule has 2 N–H and O–H groups in total. The van der Waals surface area contributed by atoms with Crippen LogP contribution in [0, 0.1) is 17.6 Å². The van der Waals surface area contributed by atoms with Crippen molar-refractivity contribution in [3.63, 3.8) is 0 Å². The summed E-state index contributed by atoms with van der Waals surface area (Å²) in [6, 6.07) is 14.1. The molecule has 0 aliphatic heterocycles. The monoisotopic (exact) mass is 1000 g/mol. The number of carbonyl (C=O) groups excluding carboxylic acids is 1. The fourth-order valence-electron chi connectivity index (χ4n) is 9.02. The topological polar surface area (TPSA) is 180 Å². The number of amides is 1. The first kappa shape index (κ1) is 46.8. The molecule has 1 fully saturated rings. The van der Waals surface area contributed by atoms with E-state index in [0.717, 1.165) is 23.0 Å². The van der Waals surface area contributed by atoms with Crippen LogP contribution in [0.2, 0.25) is 5.02 Å². The van der Waals surface area contributed by atoms with E-state index in [2.05, 4.69) is 20.2 Å². The Kier molecular flexibility index (Phi) is 11.1. The van der Waals surface area contributed by atoms with Crippen molar-refractivity contribution in [1.82, 2.24) is 34.4 Å². The largest absolute Gasteiger partial charge is 0.344 e. The maximum absolute atomic E-state index is 15.6. The molecule has 0 radical (unpaired) electrons. The molecule has 0 spiro atoms. The third-order valence-electron chi connectivity index (χ3n) is 12.1. The van der Waals surface area contributed by atoms with Gasteiger partial charge in [0.1, 0.15) is 35.4 Å². The van der Waals surface area contributed by atoms with Gasteiger partial charge in [-0.1, -0.05) is 35.9 Å². The maximum atomic E-state index is 15.6. The Balaban J connectivity index is 1.28. The minimum Gasteiger partial charge on any atom is -0.344 e. The van der Waals surface area contributed by atoms with Crippen molar-refractivity contribution >= 4 is 65.0 Å². The first-order valence-corrected chi connectivity index (χ1v) is 24.6. The van der Waals surface area contributed by atoms with E-state index in [-0.39, 0.29) is 72.2 Å². The van der Waals surface area contributed by atoms with Gasteiger partial charge in [-0.05, 0) is 86.7 Å². The standard InChI is InChI=1S/C45H39ClF6N8O6S2/c1-44(2,3)68(65,66)33-9-7-6-8-25(33)22-10-11-26-30(17-22)54-42(60(43(26)62)32-13-12-29(46)36-38(32)58(4)56-41(36)57-67(5,63)64)31(16-21-14-23(47)18-24(48)15-21)53-34(61)20-59-39-35(37(55-59)40(49)50)27-19-28(27)45(39,51)52/h6-15,17-18,27-28,31,40H,16,19-20H2,1-5H3,(H,53,61)(H,56,57)/t27-,28+,31-/m0/s1. The van der Waals surface area contributed by atoms with E-state index < -0.39 is 102 Å². The number of nitrogens with one attached hydrogen (secondary N) is 2. The number of anilines is 1. The Bertz CT molecular complexity index is 3550. The highest BCUT2D eigenvalue weighted by Gasteiger charge is 2.67. The Labute approximate surface area is 388 Å². The van der Waals surface area contributed by atoms with E-state index >= 15 is 13.6 Å². The van der Waals surface area contributed by atoms with Gasteiger partial charge in [-0.3, -0.25) is 28.2 Å². The van der Waals surface area contributed by atoms with Crippen molar-refractivity contribution in [3.8, 4) is 16.8 Å². The van der Waals surface area contributed by atoms with Gasteiger partial charge in [0, 0.05) is 36.6 Å². The Morgan fingerprint density at radius 3 is 2.32 bits per heavy atom. The number of carbonyl (C=O) groups is 1. The predicted molar refractivity (Wildman–Crippen MR) is 240 cm³/mol. The van der Waals surface area contributed by atoms with E-state index in [9.17, 15) is 39.2 Å². The van der Waals surface area contributed by atoms with E-state index in [4.69, 9.17) is 16.6 Å². The molecule has 7 aromatic rings. The van der Waals surface area contributed by atoms with E-state index in [1.165, 1.54) is 68.9 Å². The lowest BCUT2D eigenvalue weighted by Gasteiger charge is -2.24. The number of sulfone groups is 1. The highest BCUT2D eigenvalue weighted by molar-refractivity contribution is 7.93. The molecule has 2 aliphatic carbocycles. The van der Waals surface area contributed by atoms with Crippen molar-refractivity contribution < 1.29 is 48.0 Å². The van der Waals surface area contributed by atoms with Crippen LogP contribution >= 0.6 is 11.6 Å². The molecule has 356 valence electrons. The van der Waals surface area contributed by atoms with Gasteiger partial charge in [0.15, 0.2) is 15.7 Å². The second-order valence-electron chi connectivity index (χ2n) is 17.9. The van der Waals surface area contributed by atoms with Gasteiger partial charge in [0.2, 0.25) is 15.9 Å². The maximum Gasteiger partial charge on any atom is 0.293 e. The van der Waals surface area contributed by atoms with E-state index in [0.29, 0.717) is 16.3 Å². The summed E-state index contributed by atoms with van der Waals surface area (Å²) in [7, 11) is -6.50. The minimum atomic E-state index is -3.97. The number of rotatable bonds is 12. The number of benzene rings is 4. The number of hydrogen-bond donors (Lipinski definition) is 2. The molecular formula is C45H39ClF6N8O6S2. The molecule has 1 amide bonds. The third kappa shape index (κ3) is 7.98. The highest BCUT2D eigenvalue weighted by atomic mass is 35.5. The van der Waals surface area contributed by atoms with Crippen LogP contribution in [0.15, 0.2) is 82.5 Å². The van der Waals surface area contributed by atoms with Crippen LogP contribution in [0.5, 0.6) is 0 Å². The molecule has 4 aromatic carbocycles. The molecule has 3 heterocycles. The van der Waals surface area contributed by atoms with E-state index in [1.54, 1.807) is 18.2 Å². The molecule has 3 atom stereocenters. The van der Waals surface area contributed by atoms with Gasteiger partial charge in [-0.15, -0.1) is 0 Å². The summed E-state index contributed by atoms with van der Waals surface area (Å²) in [5.41, 5.74) is -2.45. The second-order valence-corrected chi connectivity index (χ2v) is 22.7. The fourth-order valence-corrected chi connectivity index (χ4v) is 11.1. The summed E-state index contributed by atoms with van der Waals surface area (Å²) < 4.78 is 146. The third-order valence-corrected chi connectivity index (χ3v) is 15.5. The smallest absolute Gasteiger partial charge is 0.293 e. The van der Waals surface area contributed by atoms with Gasteiger partial charge in [0.25, 0.3) is 17.9 Å². The number of aryl methyl sites for hydroxylation is 1. The van der Waals surface area contributed by atoms with Crippen LogP contribution in [0.1, 0.15) is 73.9 Å². The average Bonchev–Trinajstić information content (AvgIpc) is 3.78. The number of alkyl halides is 4. The minimum absolute atomic E-state index is 0.00990. The SMILES string of the molecule is Cn1nc(NS(C)(=O)=O)c2c(Cl)ccc(-n3c([C@H](Cc4cc(F)cc(F)c4)NC(=O)Cn4nc(C(F)F)c5c4C(F)(F)[C@@H]4C[C@H]54)nc4cc(-c5ccccc5S(=O)(=O)C(C)(C)C)ccc4c3=O)c21. The Morgan fingerprint density at radius 2 is 1.66 bits per heavy atom. The van der Waals surface area contributed by atoms with Gasteiger partial charge in [-0.2, -0.15) is 19.0 Å². The van der Waals surface area contributed by atoms with Crippen molar-refractivity contribution in [3.05, 3.63) is 128 Å². The lowest BCUT2D eigenvalue weighted by molar-refractivity contribution is -0.123. The summed E-state index contributed by atoms with van der Waals surface area (Å²) >= 11 is 6.65. The van der Waals surface area contributed by atoms with Crippen LogP contribution in [-0.2, 0) is 50.6 Å². The quantitative estimate of drug-likeness (QED) is 0.114. The Morgan fingerprint density at radius 1 is 0.971 bits per heavy atom. The van der Waals surface area contributed by atoms with Gasteiger partial charge < -0.3 is 5.32 Å². The van der Waals surface area contributed by atoms with Gasteiger partial charge in [0.05, 0.1) is 54.5 Å². The summed E-state index contributed by atoms with van der Waals surface area (Å²) in [4.78, 5) is 34.4. The summed E-state index contributed by atoms with van der Waals surface area (Å²) in [6.45, 7) is 3.58. The molecule has 0 unspecified atom stereocenters. The molecule has 3 aromatic heterocycles. The number of aromatic nitrogens is 6. The van der Waals surface area contributed by atoms with Crippen molar-refractivity contribution in [2.75, 3.05) is 11.0 Å². The van der Waals surface area contributed by atoms with Gasteiger partial charge >= 0.3 is 0 Å². The van der Waals surface area contributed by atoms with Crippen molar-refractivity contribution in [2.45, 2.75) is 74.1 Å². The highest BCUT2D eigenvalue weighted by Crippen LogP contribution is 2.68. The predicted octanol–water partition coefficient (Wildman–Crippen LogP) is 8.26. The summed E-state index contributed by atoms with van der Waals surface area (Å²) in [5, 5.41) is 10.6. The van der Waals surface area contributed by atoms with Gasteiger partial charge in [-0.25, -0.2) is 39.4 Å². The first-order chi connectivity index (χ1) is 31.8. The van der Waals surface area contributed by atoms with Crippen molar-refractivity contribution in [1.29, 1.82) is 0 Å². The average molecular weight is 1000 g/mol. The number of fused-ring (bicyclic) bond motifs is 5. The van der Waals surface area contributed by atoms with Crippen LogP contribution in [0.25, 0.3) is 38.6 Å². The second kappa shape index (κ2) is 16.2. The molecule has 23 heteroatoms. The molecule has 1 saturated carbocycles. The van der Waals surface area contributed by atoms with Crippen LogP contribution in [-0.4, -0.2) is 62.9 Å². The van der Waals surface area contributed by atoms with Crippen molar-refractivity contribution in [2.24, 2.45) is 13.0 Å². The lowest BCUT2D eigenvalue weighted by atomic mass is 10.0.